The Morgan fingerprint density at radius 3 is 2.33 bits per heavy atom. The van der Waals surface area contributed by atoms with Crippen molar-refractivity contribution < 1.29 is 4.79 Å². The molecule has 0 atom stereocenters. The van der Waals surface area contributed by atoms with Crippen molar-refractivity contribution in [2.75, 3.05) is 10.6 Å². The number of aromatic nitrogens is 2. The van der Waals surface area contributed by atoms with Crippen LogP contribution >= 0.6 is 15.9 Å². The van der Waals surface area contributed by atoms with E-state index < -0.39 is 0 Å². The van der Waals surface area contributed by atoms with Gasteiger partial charge >= 0.3 is 6.03 Å². The molecule has 2 aromatic rings. The molecule has 2 N–H and O–H groups in total. The number of rotatable bonds is 2. The molecule has 18 heavy (non-hydrogen) atoms. The van der Waals surface area contributed by atoms with E-state index in [4.69, 9.17) is 0 Å². The predicted octanol–water partition coefficient (Wildman–Crippen LogP) is 3.19. The summed E-state index contributed by atoms with van der Waals surface area (Å²) >= 11 is 3.22. The van der Waals surface area contributed by atoms with Gasteiger partial charge < -0.3 is 5.32 Å². The number of halogens is 1. The molecule has 1 aromatic heterocycles. The number of nitrogens with one attached hydrogen (secondary N) is 2. The van der Waals surface area contributed by atoms with Crippen LogP contribution in [0.2, 0.25) is 0 Å². The van der Waals surface area contributed by atoms with Gasteiger partial charge in [-0.3, -0.25) is 5.32 Å². The summed E-state index contributed by atoms with van der Waals surface area (Å²) in [5, 5.41) is 5.23. The van der Waals surface area contributed by atoms with Crippen molar-refractivity contribution in [3.8, 4) is 0 Å². The molecule has 0 aliphatic carbocycles. The van der Waals surface area contributed by atoms with Gasteiger partial charge in [0.2, 0.25) is 5.95 Å². The second-order valence-electron chi connectivity index (χ2n) is 3.67. The summed E-state index contributed by atoms with van der Waals surface area (Å²) in [6, 6.07) is 7.13. The van der Waals surface area contributed by atoms with E-state index in [1.807, 2.05) is 31.2 Å². The fourth-order valence-corrected chi connectivity index (χ4v) is 1.48. The Hall–Kier alpha value is -1.95. The maximum absolute atomic E-state index is 11.6. The molecule has 1 aromatic carbocycles. The lowest BCUT2D eigenvalue weighted by molar-refractivity contribution is 0.262. The van der Waals surface area contributed by atoms with Gasteiger partial charge in [-0.15, -0.1) is 0 Å². The SMILES string of the molecule is Cc1ccc(NC(=O)Nc2ncc(Br)cn2)cc1. The molecule has 6 heteroatoms. The fraction of sp³-hybridized carbons (Fsp3) is 0.0833. The maximum atomic E-state index is 11.6. The summed E-state index contributed by atoms with van der Waals surface area (Å²) in [5.41, 5.74) is 1.85. The minimum atomic E-state index is -0.374. The normalized spacial score (nSPS) is 9.89. The lowest BCUT2D eigenvalue weighted by Crippen LogP contribution is -2.20. The van der Waals surface area contributed by atoms with Crippen molar-refractivity contribution in [2.24, 2.45) is 0 Å². The van der Waals surface area contributed by atoms with Crippen molar-refractivity contribution in [2.45, 2.75) is 6.92 Å². The average Bonchev–Trinajstić information content (AvgIpc) is 2.35. The van der Waals surface area contributed by atoms with Gasteiger partial charge in [0.25, 0.3) is 0 Å². The lowest BCUT2D eigenvalue weighted by atomic mass is 10.2. The summed E-state index contributed by atoms with van der Waals surface area (Å²) in [6.07, 6.45) is 3.13. The van der Waals surface area contributed by atoms with Crippen LogP contribution in [0, 0.1) is 6.92 Å². The highest BCUT2D eigenvalue weighted by Crippen LogP contribution is 2.10. The number of hydrogen-bond acceptors (Lipinski definition) is 3. The fourth-order valence-electron chi connectivity index (χ4n) is 1.28. The van der Waals surface area contributed by atoms with Crippen LogP contribution in [-0.4, -0.2) is 16.0 Å². The highest BCUT2D eigenvalue weighted by molar-refractivity contribution is 9.10. The van der Waals surface area contributed by atoms with Crippen LogP contribution in [0.15, 0.2) is 41.1 Å². The Balaban J connectivity index is 1.96. The number of nitrogens with zero attached hydrogens (tertiary/aromatic N) is 2. The first-order chi connectivity index (χ1) is 8.63. The zero-order valence-electron chi connectivity index (χ0n) is 9.64. The van der Waals surface area contributed by atoms with E-state index in [1.165, 1.54) is 0 Å². The molecule has 0 fully saturated rings. The van der Waals surface area contributed by atoms with E-state index in [-0.39, 0.29) is 12.0 Å². The number of benzene rings is 1. The Morgan fingerprint density at radius 2 is 1.72 bits per heavy atom. The Labute approximate surface area is 113 Å². The molecule has 0 saturated heterocycles. The molecule has 0 aliphatic heterocycles. The minimum Gasteiger partial charge on any atom is -0.308 e. The number of hydrogen-bond donors (Lipinski definition) is 2. The van der Waals surface area contributed by atoms with Crippen molar-refractivity contribution in [1.29, 1.82) is 0 Å². The van der Waals surface area contributed by atoms with E-state index in [0.717, 1.165) is 15.7 Å². The first-order valence-corrected chi connectivity index (χ1v) is 6.05. The molecule has 0 bridgehead atoms. The largest absolute Gasteiger partial charge is 0.326 e. The average molecular weight is 307 g/mol. The van der Waals surface area contributed by atoms with E-state index in [0.29, 0.717) is 0 Å². The van der Waals surface area contributed by atoms with E-state index in [1.54, 1.807) is 12.4 Å². The lowest BCUT2D eigenvalue weighted by Gasteiger charge is -2.06. The molecule has 0 aliphatic rings. The van der Waals surface area contributed by atoms with Gasteiger partial charge in [0.05, 0.1) is 4.47 Å². The van der Waals surface area contributed by atoms with Gasteiger partial charge in [-0.25, -0.2) is 14.8 Å². The number of amides is 2. The van der Waals surface area contributed by atoms with E-state index >= 15 is 0 Å². The molecule has 1 heterocycles. The first-order valence-electron chi connectivity index (χ1n) is 5.26. The highest BCUT2D eigenvalue weighted by Gasteiger charge is 2.04. The molecule has 2 amide bonds. The molecule has 0 spiro atoms. The van der Waals surface area contributed by atoms with E-state index in [9.17, 15) is 4.79 Å². The summed E-state index contributed by atoms with van der Waals surface area (Å²) in [5.74, 6) is 0.253. The van der Waals surface area contributed by atoms with Crippen LogP contribution in [0.5, 0.6) is 0 Å². The molecule has 0 saturated carbocycles. The van der Waals surface area contributed by atoms with Gasteiger partial charge in [-0.2, -0.15) is 0 Å². The minimum absolute atomic E-state index is 0.253. The monoisotopic (exact) mass is 306 g/mol. The third kappa shape index (κ3) is 3.53. The van der Waals surface area contributed by atoms with Crippen LogP contribution in [0.25, 0.3) is 0 Å². The van der Waals surface area contributed by atoms with Crippen molar-refractivity contribution in [3.63, 3.8) is 0 Å². The Bertz CT molecular complexity index is 490. The van der Waals surface area contributed by atoms with Gasteiger partial charge in [0.1, 0.15) is 0 Å². The number of urea groups is 1. The van der Waals surface area contributed by atoms with Gasteiger partial charge in [0, 0.05) is 18.1 Å². The van der Waals surface area contributed by atoms with Gasteiger partial charge in [0.15, 0.2) is 0 Å². The summed E-state index contributed by atoms with van der Waals surface area (Å²) < 4.78 is 0.756. The molecule has 92 valence electrons. The quantitative estimate of drug-likeness (QED) is 0.895. The van der Waals surface area contributed by atoms with Crippen LogP contribution in [0.1, 0.15) is 5.56 Å². The Kier molecular flexibility index (Phi) is 3.88. The third-order valence-corrected chi connectivity index (χ3v) is 2.56. The van der Waals surface area contributed by atoms with Crippen LogP contribution in [0.3, 0.4) is 0 Å². The molecular formula is C12H11BrN4O. The topological polar surface area (TPSA) is 66.9 Å². The highest BCUT2D eigenvalue weighted by atomic mass is 79.9. The smallest absolute Gasteiger partial charge is 0.308 e. The second-order valence-corrected chi connectivity index (χ2v) is 4.59. The standard InChI is InChI=1S/C12H11BrN4O/c1-8-2-4-10(5-3-8)16-12(18)17-11-14-6-9(13)7-15-11/h2-7H,1H3,(H2,14,15,16,17,18). The summed E-state index contributed by atoms with van der Waals surface area (Å²) in [7, 11) is 0. The molecule has 0 unspecified atom stereocenters. The van der Waals surface area contributed by atoms with Crippen LogP contribution in [0.4, 0.5) is 16.4 Å². The number of carbonyl (C=O) groups excluding carboxylic acids is 1. The predicted molar refractivity (Wildman–Crippen MR) is 73.6 cm³/mol. The molecular weight excluding hydrogens is 296 g/mol. The number of carbonyl (C=O) groups is 1. The van der Waals surface area contributed by atoms with Crippen LogP contribution in [-0.2, 0) is 0 Å². The zero-order chi connectivity index (χ0) is 13.0. The molecule has 5 nitrogen and oxygen atoms in total. The zero-order valence-corrected chi connectivity index (χ0v) is 11.2. The number of aryl methyl sites for hydroxylation is 1. The Morgan fingerprint density at radius 1 is 1.11 bits per heavy atom. The van der Waals surface area contributed by atoms with Gasteiger partial charge in [-0.05, 0) is 35.0 Å². The maximum Gasteiger partial charge on any atom is 0.326 e. The molecule has 2 rings (SSSR count). The van der Waals surface area contributed by atoms with Crippen molar-refractivity contribution in [3.05, 3.63) is 46.7 Å². The number of anilines is 2. The van der Waals surface area contributed by atoms with E-state index in [2.05, 4.69) is 36.5 Å². The third-order valence-electron chi connectivity index (χ3n) is 2.16. The van der Waals surface area contributed by atoms with Crippen LogP contribution < -0.4 is 10.6 Å². The summed E-state index contributed by atoms with van der Waals surface area (Å²) in [4.78, 5) is 19.5. The molecule has 0 radical (unpaired) electrons. The van der Waals surface area contributed by atoms with Crippen molar-refractivity contribution in [1.82, 2.24) is 9.97 Å². The summed E-state index contributed by atoms with van der Waals surface area (Å²) in [6.45, 7) is 1.99. The second kappa shape index (κ2) is 5.59. The van der Waals surface area contributed by atoms with Gasteiger partial charge in [-0.1, -0.05) is 17.7 Å². The van der Waals surface area contributed by atoms with Crippen molar-refractivity contribution >= 4 is 33.6 Å². The first kappa shape index (κ1) is 12.5.